The zero-order chi connectivity index (χ0) is 14.5. The molecule has 5 nitrogen and oxygen atoms in total. The zero-order valence-corrected chi connectivity index (χ0v) is 12.7. The lowest BCUT2D eigenvalue weighted by molar-refractivity contribution is -0.117. The Kier molecular flexibility index (Phi) is 5.17. The Morgan fingerprint density at radius 2 is 2.35 bits per heavy atom. The molecule has 2 unspecified atom stereocenters. The first-order valence-electron chi connectivity index (χ1n) is 7.61. The van der Waals surface area contributed by atoms with Crippen molar-refractivity contribution in [3.8, 4) is 0 Å². The van der Waals surface area contributed by atoms with E-state index in [0.717, 1.165) is 18.8 Å². The van der Waals surface area contributed by atoms with Gasteiger partial charge in [-0.05, 0) is 51.6 Å². The summed E-state index contributed by atoms with van der Waals surface area (Å²) in [5, 5.41) is 10.6. The predicted octanol–water partition coefficient (Wildman–Crippen LogP) is 2.43. The molecule has 0 aromatic carbocycles. The summed E-state index contributed by atoms with van der Waals surface area (Å²) in [7, 11) is 0. The topological polar surface area (TPSA) is 59.0 Å². The van der Waals surface area contributed by atoms with Crippen LogP contribution < -0.4 is 10.6 Å². The van der Waals surface area contributed by atoms with Gasteiger partial charge >= 0.3 is 0 Å². The van der Waals surface area contributed by atoms with Crippen LogP contribution in [0.1, 0.15) is 46.1 Å². The van der Waals surface area contributed by atoms with Crippen LogP contribution in [-0.2, 0) is 4.79 Å². The number of carbonyl (C=O) groups is 1. The normalized spacial score (nSPS) is 20.9. The number of anilines is 1. The molecule has 1 aliphatic rings. The first kappa shape index (κ1) is 15.0. The lowest BCUT2D eigenvalue weighted by atomic mass is 9.85. The Morgan fingerprint density at radius 3 is 2.95 bits per heavy atom. The second-order valence-corrected chi connectivity index (χ2v) is 6.14. The molecule has 20 heavy (non-hydrogen) atoms. The molecule has 1 aromatic heterocycles. The largest absolute Gasteiger partial charge is 0.323 e. The van der Waals surface area contributed by atoms with Crippen LogP contribution in [0.2, 0.25) is 0 Å². The summed E-state index contributed by atoms with van der Waals surface area (Å²) in [5.74, 6) is 1.13. The molecule has 2 N–H and O–H groups in total. The van der Waals surface area contributed by atoms with Gasteiger partial charge in [0.2, 0.25) is 5.91 Å². The fourth-order valence-electron chi connectivity index (χ4n) is 2.72. The highest BCUT2D eigenvalue weighted by Gasteiger charge is 2.22. The van der Waals surface area contributed by atoms with E-state index in [9.17, 15) is 4.79 Å². The quantitative estimate of drug-likeness (QED) is 0.869. The molecular weight excluding hydrogens is 252 g/mol. The van der Waals surface area contributed by atoms with Crippen LogP contribution in [0.25, 0.3) is 0 Å². The lowest BCUT2D eigenvalue weighted by Crippen LogP contribution is -2.34. The van der Waals surface area contributed by atoms with Crippen molar-refractivity contribution < 1.29 is 4.79 Å². The molecule has 5 heteroatoms. The molecule has 0 saturated carbocycles. The van der Waals surface area contributed by atoms with Crippen molar-refractivity contribution in [3.05, 3.63) is 12.4 Å². The number of piperidine rings is 1. The summed E-state index contributed by atoms with van der Waals surface area (Å²) in [6.45, 7) is 8.46. The van der Waals surface area contributed by atoms with E-state index >= 15 is 0 Å². The predicted molar refractivity (Wildman–Crippen MR) is 80.6 cm³/mol. The molecule has 1 aliphatic heterocycles. The molecular formula is C15H26N4O. The van der Waals surface area contributed by atoms with Crippen molar-refractivity contribution in [2.45, 2.75) is 46.1 Å². The van der Waals surface area contributed by atoms with Gasteiger partial charge in [0.05, 0.1) is 11.9 Å². The van der Waals surface area contributed by atoms with Crippen molar-refractivity contribution in [2.75, 3.05) is 18.4 Å². The van der Waals surface area contributed by atoms with Gasteiger partial charge in [-0.2, -0.15) is 5.10 Å². The van der Waals surface area contributed by atoms with Crippen LogP contribution in [0.15, 0.2) is 12.4 Å². The van der Waals surface area contributed by atoms with Crippen LogP contribution in [0.5, 0.6) is 0 Å². The van der Waals surface area contributed by atoms with Gasteiger partial charge in [-0.25, -0.2) is 0 Å². The number of aromatic nitrogens is 2. The monoisotopic (exact) mass is 278 g/mol. The van der Waals surface area contributed by atoms with Crippen LogP contribution in [0.3, 0.4) is 0 Å². The van der Waals surface area contributed by atoms with Gasteiger partial charge in [0.1, 0.15) is 0 Å². The van der Waals surface area contributed by atoms with Gasteiger partial charge in [-0.1, -0.05) is 6.92 Å². The van der Waals surface area contributed by atoms with Gasteiger partial charge in [-0.15, -0.1) is 0 Å². The number of nitrogens with one attached hydrogen (secondary N) is 2. The number of rotatable bonds is 5. The number of amides is 1. The summed E-state index contributed by atoms with van der Waals surface area (Å²) in [5.41, 5.74) is 0.790. The molecule has 112 valence electrons. The van der Waals surface area contributed by atoms with Gasteiger partial charge in [0.15, 0.2) is 0 Å². The summed E-state index contributed by atoms with van der Waals surface area (Å²) in [6, 6.07) is 0.313. The minimum atomic E-state index is 0.0892. The van der Waals surface area contributed by atoms with Crippen molar-refractivity contribution in [1.29, 1.82) is 0 Å². The Hall–Kier alpha value is -1.36. The highest BCUT2D eigenvalue weighted by molar-refractivity contribution is 5.90. The number of hydrogen-bond acceptors (Lipinski definition) is 3. The van der Waals surface area contributed by atoms with Crippen molar-refractivity contribution in [3.63, 3.8) is 0 Å². The van der Waals surface area contributed by atoms with Gasteiger partial charge in [0, 0.05) is 18.7 Å². The van der Waals surface area contributed by atoms with E-state index in [4.69, 9.17) is 0 Å². The molecule has 0 bridgehead atoms. The SMILES string of the molecule is CC(CC(=O)Nc1cnn(C(C)C)c1)C1CCCNC1. The van der Waals surface area contributed by atoms with Gasteiger partial charge in [0.25, 0.3) is 0 Å². The average Bonchev–Trinajstić information content (AvgIpc) is 2.88. The summed E-state index contributed by atoms with van der Waals surface area (Å²) in [6.07, 6.45) is 6.63. The van der Waals surface area contributed by atoms with Crippen LogP contribution >= 0.6 is 0 Å². The molecule has 2 heterocycles. The van der Waals surface area contributed by atoms with E-state index in [1.54, 1.807) is 6.20 Å². The maximum atomic E-state index is 12.1. The van der Waals surface area contributed by atoms with Crippen molar-refractivity contribution in [2.24, 2.45) is 11.8 Å². The fourth-order valence-corrected chi connectivity index (χ4v) is 2.72. The summed E-state index contributed by atoms with van der Waals surface area (Å²) in [4.78, 5) is 12.1. The lowest BCUT2D eigenvalue weighted by Gasteiger charge is -2.27. The van der Waals surface area contributed by atoms with Gasteiger partial charge in [-0.3, -0.25) is 9.48 Å². The van der Waals surface area contributed by atoms with E-state index in [0.29, 0.717) is 24.3 Å². The highest BCUT2D eigenvalue weighted by atomic mass is 16.1. The minimum absolute atomic E-state index is 0.0892. The van der Waals surface area contributed by atoms with E-state index in [-0.39, 0.29) is 5.91 Å². The maximum absolute atomic E-state index is 12.1. The molecule has 0 spiro atoms. The van der Waals surface area contributed by atoms with Crippen LogP contribution in [0.4, 0.5) is 5.69 Å². The fraction of sp³-hybridized carbons (Fsp3) is 0.733. The number of nitrogens with zero attached hydrogens (tertiary/aromatic N) is 2. The smallest absolute Gasteiger partial charge is 0.224 e. The molecule has 1 amide bonds. The number of hydrogen-bond donors (Lipinski definition) is 2. The third-order valence-electron chi connectivity index (χ3n) is 4.06. The van der Waals surface area contributed by atoms with Crippen LogP contribution in [-0.4, -0.2) is 28.8 Å². The van der Waals surface area contributed by atoms with E-state index < -0.39 is 0 Å². The van der Waals surface area contributed by atoms with E-state index in [1.165, 1.54) is 12.8 Å². The molecule has 2 rings (SSSR count). The van der Waals surface area contributed by atoms with E-state index in [2.05, 4.69) is 36.5 Å². The first-order valence-corrected chi connectivity index (χ1v) is 7.61. The Labute approximate surface area is 121 Å². The third-order valence-corrected chi connectivity index (χ3v) is 4.06. The zero-order valence-electron chi connectivity index (χ0n) is 12.7. The minimum Gasteiger partial charge on any atom is -0.323 e. The van der Waals surface area contributed by atoms with Crippen molar-refractivity contribution >= 4 is 11.6 Å². The first-order chi connectivity index (χ1) is 9.56. The highest BCUT2D eigenvalue weighted by Crippen LogP contribution is 2.23. The standard InChI is InChI=1S/C15H26N4O/c1-11(2)19-10-14(9-17-19)18-15(20)7-12(3)13-5-4-6-16-8-13/h9-13,16H,4-8H2,1-3H3,(H,18,20). The summed E-state index contributed by atoms with van der Waals surface area (Å²) < 4.78 is 1.85. The molecule has 0 radical (unpaired) electrons. The number of carbonyl (C=O) groups excluding carboxylic acids is 1. The summed E-state index contributed by atoms with van der Waals surface area (Å²) >= 11 is 0. The maximum Gasteiger partial charge on any atom is 0.224 e. The third kappa shape index (κ3) is 4.07. The molecule has 1 aromatic rings. The second-order valence-electron chi connectivity index (χ2n) is 6.14. The Morgan fingerprint density at radius 1 is 1.55 bits per heavy atom. The Bertz CT molecular complexity index is 435. The second kappa shape index (κ2) is 6.88. The average molecular weight is 278 g/mol. The molecule has 2 atom stereocenters. The molecule has 1 saturated heterocycles. The van der Waals surface area contributed by atoms with E-state index in [1.807, 2.05) is 10.9 Å². The molecule has 1 fully saturated rings. The van der Waals surface area contributed by atoms with Crippen LogP contribution in [0, 0.1) is 11.8 Å². The van der Waals surface area contributed by atoms with Gasteiger partial charge < -0.3 is 10.6 Å². The molecule has 0 aliphatic carbocycles. The Balaban J connectivity index is 1.81. The van der Waals surface area contributed by atoms with Crippen molar-refractivity contribution in [1.82, 2.24) is 15.1 Å².